The minimum Gasteiger partial charge on any atom is -0.397 e. The molecule has 148 valence electrons. The molecule has 0 bridgehead atoms. The fourth-order valence-electron chi connectivity index (χ4n) is 4.75. The lowest BCUT2D eigenvalue weighted by Crippen LogP contribution is -2.19. The summed E-state index contributed by atoms with van der Waals surface area (Å²) < 4.78 is 0. The first-order valence-corrected chi connectivity index (χ1v) is 10.7. The number of nitrogens with zero attached hydrogens (tertiary/aromatic N) is 2. The Hall–Kier alpha value is -2.43. The van der Waals surface area contributed by atoms with E-state index < -0.39 is 0 Å². The summed E-state index contributed by atoms with van der Waals surface area (Å²) in [6.45, 7) is 0. The molecule has 0 aliphatic heterocycles. The minimum atomic E-state index is -0.236. The molecule has 0 unspecified atom stereocenters. The number of aromatic nitrogens is 2. The molecule has 2 aromatic rings. The lowest BCUT2D eigenvalue weighted by Gasteiger charge is -2.24. The summed E-state index contributed by atoms with van der Waals surface area (Å²) in [5.74, 6) is 0.697. The van der Waals surface area contributed by atoms with Gasteiger partial charge in [-0.2, -0.15) is 0 Å². The van der Waals surface area contributed by atoms with Gasteiger partial charge >= 0.3 is 0 Å². The van der Waals surface area contributed by atoms with E-state index in [1.807, 2.05) is 24.4 Å². The first kappa shape index (κ1) is 18.9. The molecule has 2 aromatic heterocycles. The molecule has 0 aromatic carbocycles. The van der Waals surface area contributed by atoms with Crippen molar-refractivity contribution in [1.29, 1.82) is 0 Å². The van der Waals surface area contributed by atoms with E-state index in [-0.39, 0.29) is 5.91 Å². The molecule has 2 saturated carbocycles. The largest absolute Gasteiger partial charge is 0.397 e. The van der Waals surface area contributed by atoms with E-state index in [9.17, 15) is 4.79 Å². The summed E-state index contributed by atoms with van der Waals surface area (Å²) in [6.07, 6.45) is 15.8. The maximum absolute atomic E-state index is 13.0. The molecule has 28 heavy (non-hydrogen) atoms. The van der Waals surface area contributed by atoms with Gasteiger partial charge in [-0.1, -0.05) is 38.5 Å². The van der Waals surface area contributed by atoms with E-state index in [0.717, 1.165) is 24.2 Å². The molecule has 2 heterocycles. The molecule has 2 aliphatic rings. The number of carbonyl (C=O) groups is 1. The van der Waals surface area contributed by atoms with E-state index in [1.54, 1.807) is 6.20 Å². The fraction of sp³-hybridized carbons (Fsp3) is 0.522. The number of amides is 1. The van der Waals surface area contributed by atoms with Crippen LogP contribution in [0.15, 0.2) is 30.6 Å². The first-order valence-electron chi connectivity index (χ1n) is 10.7. The summed E-state index contributed by atoms with van der Waals surface area (Å²) in [5, 5.41) is 3.05. The van der Waals surface area contributed by atoms with Crippen molar-refractivity contribution in [3.8, 4) is 0 Å². The molecular weight excluding hydrogens is 348 g/mol. The number of nitrogens with two attached hydrogens (primary N) is 1. The summed E-state index contributed by atoms with van der Waals surface area (Å²) >= 11 is 0. The number of pyridine rings is 2. The highest BCUT2D eigenvalue weighted by atomic mass is 16.1. The van der Waals surface area contributed by atoms with Gasteiger partial charge in [0.15, 0.2) is 5.69 Å². The molecule has 4 rings (SSSR count). The fourth-order valence-corrected chi connectivity index (χ4v) is 4.75. The monoisotopic (exact) mass is 378 g/mol. The molecule has 0 radical (unpaired) electrons. The van der Waals surface area contributed by atoms with Crippen LogP contribution in [0.25, 0.3) is 0 Å². The third-order valence-electron chi connectivity index (χ3n) is 6.33. The number of nitrogen functional groups attached to an aromatic ring is 1. The van der Waals surface area contributed by atoms with Crippen molar-refractivity contribution in [2.24, 2.45) is 0 Å². The third-order valence-corrected chi connectivity index (χ3v) is 6.33. The second kappa shape index (κ2) is 8.72. The standard InChI is InChI=1S/C23H30N4O/c24-19-11-12-20(17-9-5-2-6-10-17)26-22(19)23(28)27-21-15-25-14-13-18(21)16-7-3-1-4-8-16/h11-17H,1-10,24H2,(H,27,28). The summed E-state index contributed by atoms with van der Waals surface area (Å²) in [7, 11) is 0. The van der Waals surface area contributed by atoms with Gasteiger partial charge in [-0.05, 0) is 55.4 Å². The van der Waals surface area contributed by atoms with Gasteiger partial charge in [0.25, 0.3) is 5.91 Å². The number of hydrogen-bond acceptors (Lipinski definition) is 4. The predicted molar refractivity (Wildman–Crippen MR) is 112 cm³/mol. The number of anilines is 2. The van der Waals surface area contributed by atoms with Gasteiger partial charge in [0, 0.05) is 17.8 Å². The Balaban J connectivity index is 1.55. The van der Waals surface area contributed by atoms with Gasteiger partial charge in [0.05, 0.1) is 17.6 Å². The second-order valence-electron chi connectivity index (χ2n) is 8.26. The zero-order valence-corrected chi connectivity index (χ0v) is 16.5. The van der Waals surface area contributed by atoms with E-state index >= 15 is 0 Å². The second-order valence-corrected chi connectivity index (χ2v) is 8.26. The van der Waals surface area contributed by atoms with Crippen LogP contribution in [0.5, 0.6) is 0 Å². The Labute approximate surface area is 167 Å². The molecule has 3 N–H and O–H groups in total. The maximum Gasteiger partial charge on any atom is 0.276 e. The van der Waals surface area contributed by atoms with Gasteiger partial charge < -0.3 is 11.1 Å². The van der Waals surface area contributed by atoms with Crippen LogP contribution in [0.4, 0.5) is 11.4 Å². The Morgan fingerprint density at radius 1 is 0.929 bits per heavy atom. The SMILES string of the molecule is Nc1ccc(C2CCCCC2)nc1C(=O)Nc1cnccc1C1CCCCC1. The van der Waals surface area contributed by atoms with Gasteiger partial charge in [-0.3, -0.25) is 9.78 Å². The van der Waals surface area contributed by atoms with E-state index in [0.29, 0.717) is 23.2 Å². The van der Waals surface area contributed by atoms with Crippen LogP contribution < -0.4 is 11.1 Å². The van der Waals surface area contributed by atoms with Crippen molar-refractivity contribution in [3.05, 3.63) is 47.5 Å². The molecule has 1 amide bonds. The molecule has 2 aliphatic carbocycles. The van der Waals surface area contributed by atoms with Gasteiger partial charge in [-0.15, -0.1) is 0 Å². The first-order chi connectivity index (χ1) is 13.7. The van der Waals surface area contributed by atoms with Gasteiger partial charge in [0.1, 0.15) is 0 Å². The number of carbonyl (C=O) groups excluding carboxylic acids is 1. The number of rotatable bonds is 4. The van der Waals surface area contributed by atoms with Crippen LogP contribution in [-0.4, -0.2) is 15.9 Å². The number of hydrogen-bond donors (Lipinski definition) is 2. The lowest BCUT2D eigenvalue weighted by atomic mass is 9.84. The molecule has 5 nitrogen and oxygen atoms in total. The van der Waals surface area contributed by atoms with Crippen molar-refractivity contribution in [3.63, 3.8) is 0 Å². The summed E-state index contributed by atoms with van der Waals surface area (Å²) in [4.78, 5) is 21.9. The Kier molecular flexibility index (Phi) is 5.89. The van der Waals surface area contributed by atoms with Crippen LogP contribution in [0.3, 0.4) is 0 Å². The highest BCUT2D eigenvalue weighted by molar-refractivity contribution is 6.06. The zero-order chi connectivity index (χ0) is 19.3. The van der Waals surface area contributed by atoms with E-state index in [1.165, 1.54) is 56.9 Å². The lowest BCUT2D eigenvalue weighted by molar-refractivity contribution is 0.102. The highest BCUT2D eigenvalue weighted by Crippen LogP contribution is 2.36. The normalized spacial score (nSPS) is 18.7. The van der Waals surface area contributed by atoms with Crippen LogP contribution in [-0.2, 0) is 0 Å². The predicted octanol–water partition coefficient (Wildman–Crippen LogP) is 5.41. The smallest absolute Gasteiger partial charge is 0.276 e. The Morgan fingerprint density at radius 2 is 1.61 bits per heavy atom. The van der Waals surface area contributed by atoms with Crippen molar-refractivity contribution in [1.82, 2.24) is 9.97 Å². The van der Waals surface area contributed by atoms with Crippen molar-refractivity contribution < 1.29 is 4.79 Å². The van der Waals surface area contributed by atoms with Crippen LogP contribution in [0.1, 0.15) is 97.8 Å². The molecular formula is C23H30N4O. The maximum atomic E-state index is 13.0. The van der Waals surface area contributed by atoms with Gasteiger partial charge in [-0.25, -0.2) is 4.98 Å². The van der Waals surface area contributed by atoms with Gasteiger partial charge in [0.2, 0.25) is 0 Å². The van der Waals surface area contributed by atoms with Crippen molar-refractivity contribution in [2.45, 2.75) is 76.0 Å². The Morgan fingerprint density at radius 3 is 2.32 bits per heavy atom. The molecule has 0 saturated heterocycles. The van der Waals surface area contributed by atoms with Crippen LogP contribution in [0.2, 0.25) is 0 Å². The van der Waals surface area contributed by atoms with Crippen molar-refractivity contribution >= 4 is 17.3 Å². The average molecular weight is 379 g/mol. The van der Waals surface area contributed by atoms with E-state index in [2.05, 4.69) is 15.3 Å². The third kappa shape index (κ3) is 4.18. The van der Waals surface area contributed by atoms with Crippen LogP contribution >= 0.6 is 0 Å². The molecule has 0 atom stereocenters. The zero-order valence-electron chi connectivity index (χ0n) is 16.5. The average Bonchev–Trinajstić information content (AvgIpc) is 2.75. The molecule has 5 heteroatoms. The topological polar surface area (TPSA) is 80.9 Å². The molecule has 2 fully saturated rings. The summed E-state index contributed by atoms with van der Waals surface area (Å²) in [6, 6.07) is 5.86. The number of nitrogens with one attached hydrogen (secondary N) is 1. The summed E-state index contributed by atoms with van der Waals surface area (Å²) in [5.41, 5.74) is 9.86. The van der Waals surface area contributed by atoms with Crippen LogP contribution in [0, 0.1) is 0 Å². The molecule has 0 spiro atoms. The quantitative estimate of drug-likeness (QED) is 0.746. The minimum absolute atomic E-state index is 0.236. The van der Waals surface area contributed by atoms with Crippen molar-refractivity contribution in [2.75, 3.05) is 11.1 Å². The highest BCUT2D eigenvalue weighted by Gasteiger charge is 2.22. The Bertz CT molecular complexity index is 823. The van der Waals surface area contributed by atoms with E-state index in [4.69, 9.17) is 5.73 Å².